The summed E-state index contributed by atoms with van der Waals surface area (Å²) < 4.78 is 26.5. The van der Waals surface area contributed by atoms with Crippen LogP contribution in [0.3, 0.4) is 0 Å². The van der Waals surface area contributed by atoms with Crippen LogP contribution in [0, 0.1) is 6.92 Å². The van der Waals surface area contributed by atoms with Crippen molar-refractivity contribution in [3.05, 3.63) is 28.3 Å². The maximum atomic E-state index is 12.2. The van der Waals surface area contributed by atoms with Gasteiger partial charge in [0.25, 0.3) is 0 Å². The molecule has 0 aliphatic heterocycles. The molecule has 21 heavy (non-hydrogen) atoms. The van der Waals surface area contributed by atoms with Gasteiger partial charge in [0.05, 0.1) is 17.0 Å². The fourth-order valence-corrected chi connectivity index (χ4v) is 3.09. The molecule has 0 fully saturated rings. The van der Waals surface area contributed by atoms with Crippen molar-refractivity contribution in [2.75, 3.05) is 20.6 Å². The van der Waals surface area contributed by atoms with E-state index in [4.69, 9.17) is 16.7 Å². The van der Waals surface area contributed by atoms with Gasteiger partial charge in [0.1, 0.15) is 0 Å². The van der Waals surface area contributed by atoms with Crippen molar-refractivity contribution in [1.29, 1.82) is 0 Å². The van der Waals surface area contributed by atoms with E-state index in [1.807, 2.05) is 0 Å². The van der Waals surface area contributed by atoms with Gasteiger partial charge in [-0.15, -0.1) is 0 Å². The second kappa shape index (κ2) is 6.42. The Balaban J connectivity index is 3.20. The van der Waals surface area contributed by atoms with Crippen LogP contribution in [0.1, 0.15) is 15.9 Å². The van der Waals surface area contributed by atoms with Crippen molar-refractivity contribution in [1.82, 2.24) is 9.62 Å². The molecule has 0 saturated carbocycles. The van der Waals surface area contributed by atoms with Crippen LogP contribution >= 0.6 is 11.6 Å². The molecule has 0 aliphatic carbocycles. The third-order valence-electron chi connectivity index (χ3n) is 2.76. The maximum absolute atomic E-state index is 12.2. The Bertz CT molecular complexity index is 685. The van der Waals surface area contributed by atoms with Crippen molar-refractivity contribution in [3.8, 4) is 0 Å². The highest BCUT2D eigenvalue weighted by Gasteiger charge is 2.23. The molecule has 7 nitrogen and oxygen atoms in total. The molecule has 0 radical (unpaired) electrons. The summed E-state index contributed by atoms with van der Waals surface area (Å²) in [7, 11) is -1.06. The van der Waals surface area contributed by atoms with Crippen molar-refractivity contribution < 1.29 is 23.1 Å². The van der Waals surface area contributed by atoms with Crippen molar-refractivity contribution >= 4 is 33.5 Å². The molecule has 9 heteroatoms. The van der Waals surface area contributed by atoms with Crippen LogP contribution in [0.25, 0.3) is 0 Å². The molecule has 0 bridgehead atoms. The Kier molecular flexibility index (Phi) is 5.32. The summed E-state index contributed by atoms with van der Waals surface area (Å²) >= 11 is 5.75. The molecule has 0 spiro atoms. The summed E-state index contributed by atoms with van der Waals surface area (Å²) in [5, 5.41) is 9.02. The number of sulfonamides is 1. The van der Waals surface area contributed by atoms with Crippen molar-refractivity contribution in [2.45, 2.75) is 11.8 Å². The van der Waals surface area contributed by atoms with Crippen LogP contribution in [-0.2, 0) is 14.8 Å². The fraction of sp³-hybridized carbons (Fsp3) is 0.333. The molecular formula is C12H15ClN2O5S. The Hall–Kier alpha value is -1.64. The quantitative estimate of drug-likeness (QED) is 0.825. The van der Waals surface area contributed by atoms with E-state index in [1.165, 1.54) is 32.0 Å². The first-order valence-electron chi connectivity index (χ1n) is 5.79. The average molecular weight is 335 g/mol. The first kappa shape index (κ1) is 17.4. The van der Waals surface area contributed by atoms with Gasteiger partial charge < -0.3 is 10.0 Å². The molecule has 1 aromatic carbocycles. The topological polar surface area (TPSA) is 104 Å². The lowest BCUT2D eigenvalue weighted by Crippen LogP contribution is -2.36. The third kappa shape index (κ3) is 4.16. The zero-order chi connectivity index (χ0) is 16.4. The molecule has 1 amide bonds. The molecule has 0 aromatic heterocycles. The minimum absolute atomic E-state index is 0.0164. The normalized spacial score (nSPS) is 11.2. The van der Waals surface area contributed by atoms with Gasteiger partial charge in [-0.2, -0.15) is 0 Å². The van der Waals surface area contributed by atoms with E-state index in [2.05, 4.69) is 4.72 Å². The van der Waals surface area contributed by atoms with Gasteiger partial charge >= 0.3 is 5.97 Å². The standard InChI is InChI=1S/C12H15ClN2O5S/c1-7-9(12(17)18)4-8(13)5-10(7)21(19,20)14-6-11(16)15(2)3/h4-5,14H,6H2,1-3H3,(H,17,18). The number of hydrogen-bond donors (Lipinski definition) is 2. The van der Waals surface area contributed by atoms with Gasteiger partial charge in [0.2, 0.25) is 15.9 Å². The van der Waals surface area contributed by atoms with Gasteiger partial charge in [-0.25, -0.2) is 17.9 Å². The van der Waals surface area contributed by atoms with Gasteiger partial charge in [-0.3, -0.25) is 4.79 Å². The zero-order valence-electron chi connectivity index (χ0n) is 11.7. The summed E-state index contributed by atoms with van der Waals surface area (Å²) in [5.41, 5.74) is -0.154. The highest BCUT2D eigenvalue weighted by Crippen LogP contribution is 2.24. The average Bonchev–Trinajstić information content (AvgIpc) is 2.37. The van der Waals surface area contributed by atoms with Crippen LogP contribution in [-0.4, -0.2) is 50.9 Å². The second-order valence-corrected chi connectivity index (χ2v) is 6.67. The Morgan fingerprint density at radius 3 is 2.38 bits per heavy atom. The van der Waals surface area contributed by atoms with E-state index < -0.39 is 28.4 Å². The first-order valence-corrected chi connectivity index (χ1v) is 7.65. The predicted molar refractivity (Wildman–Crippen MR) is 77.0 cm³/mol. The molecular weight excluding hydrogens is 320 g/mol. The number of nitrogens with one attached hydrogen (secondary N) is 1. The lowest BCUT2D eigenvalue weighted by atomic mass is 10.1. The zero-order valence-corrected chi connectivity index (χ0v) is 13.2. The van der Waals surface area contributed by atoms with Crippen LogP contribution in [0.5, 0.6) is 0 Å². The monoisotopic (exact) mass is 334 g/mol. The number of likely N-dealkylation sites (N-methyl/N-ethyl adjacent to an activating group) is 1. The summed E-state index contributed by atoms with van der Waals surface area (Å²) in [6, 6.07) is 2.31. The Morgan fingerprint density at radius 2 is 1.90 bits per heavy atom. The number of carboxylic acid groups (broad SMARTS) is 1. The largest absolute Gasteiger partial charge is 0.478 e. The van der Waals surface area contributed by atoms with Crippen molar-refractivity contribution in [2.24, 2.45) is 0 Å². The number of carbonyl (C=O) groups excluding carboxylic acids is 1. The Morgan fingerprint density at radius 1 is 1.33 bits per heavy atom. The van der Waals surface area contributed by atoms with Gasteiger partial charge in [-0.1, -0.05) is 11.6 Å². The molecule has 2 N–H and O–H groups in total. The number of carbonyl (C=O) groups is 2. The maximum Gasteiger partial charge on any atom is 0.336 e. The highest BCUT2D eigenvalue weighted by atomic mass is 35.5. The van der Waals surface area contributed by atoms with Crippen LogP contribution in [0.2, 0.25) is 5.02 Å². The molecule has 0 aliphatic rings. The minimum Gasteiger partial charge on any atom is -0.478 e. The second-order valence-electron chi connectivity index (χ2n) is 4.49. The van der Waals surface area contributed by atoms with Crippen LogP contribution < -0.4 is 4.72 Å². The lowest BCUT2D eigenvalue weighted by Gasteiger charge is -2.13. The van der Waals surface area contributed by atoms with Gasteiger partial charge in [0, 0.05) is 19.1 Å². The number of aromatic carboxylic acids is 1. The molecule has 0 saturated heterocycles. The van der Waals surface area contributed by atoms with Crippen LogP contribution in [0.4, 0.5) is 0 Å². The lowest BCUT2D eigenvalue weighted by molar-refractivity contribution is -0.127. The Labute approximate surface area is 127 Å². The predicted octanol–water partition coefficient (Wildman–Crippen LogP) is 0.713. The number of carboxylic acids is 1. The minimum atomic E-state index is -4.04. The number of nitrogens with zero attached hydrogens (tertiary/aromatic N) is 1. The number of halogens is 1. The van der Waals surface area contributed by atoms with Crippen molar-refractivity contribution in [3.63, 3.8) is 0 Å². The van der Waals surface area contributed by atoms with E-state index in [0.29, 0.717) is 0 Å². The van der Waals surface area contributed by atoms with E-state index in [0.717, 1.165) is 6.07 Å². The summed E-state index contributed by atoms with van der Waals surface area (Å²) in [6.07, 6.45) is 0. The summed E-state index contributed by atoms with van der Waals surface area (Å²) in [6.45, 7) is 0.936. The molecule has 1 rings (SSSR count). The molecule has 0 heterocycles. The summed E-state index contributed by atoms with van der Waals surface area (Å²) in [4.78, 5) is 23.5. The summed E-state index contributed by atoms with van der Waals surface area (Å²) in [5.74, 6) is -1.72. The number of hydrogen-bond acceptors (Lipinski definition) is 4. The van der Waals surface area contributed by atoms with Gasteiger partial charge in [-0.05, 0) is 24.6 Å². The van der Waals surface area contributed by atoms with Gasteiger partial charge in [0.15, 0.2) is 0 Å². The van der Waals surface area contributed by atoms with E-state index in [1.54, 1.807) is 0 Å². The third-order valence-corrected chi connectivity index (χ3v) is 4.50. The molecule has 0 atom stereocenters. The highest BCUT2D eigenvalue weighted by molar-refractivity contribution is 7.89. The number of benzene rings is 1. The number of rotatable bonds is 5. The fourth-order valence-electron chi connectivity index (χ4n) is 1.55. The smallest absolute Gasteiger partial charge is 0.336 e. The molecule has 0 unspecified atom stereocenters. The van der Waals surface area contributed by atoms with E-state index in [-0.39, 0.29) is 21.0 Å². The first-order chi connectivity index (χ1) is 9.56. The molecule has 116 valence electrons. The SMILES string of the molecule is Cc1c(C(=O)O)cc(Cl)cc1S(=O)(=O)NCC(=O)N(C)C. The van der Waals surface area contributed by atoms with Crippen LogP contribution in [0.15, 0.2) is 17.0 Å². The van der Waals surface area contributed by atoms with E-state index in [9.17, 15) is 18.0 Å². The number of amides is 1. The molecule has 1 aromatic rings. The van der Waals surface area contributed by atoms with E-state index >= 15 is 0 Å².